The largest absolute Gasteiger partial charge is 0.480 e. The molecule has 0 aliphatic carbocycles. The molecule has 0 aromatic heterocycles. The Hall–Kier alpha value is -0.320. The molecular weight excluding hydrogens is 158 g/mol. The Morgan fingerprint density at radius 3 is 2.50 bits per heavy atom. The number of halogens is 1. The molecule has 0 fully saturated rings. The molecule has 0 spiro atoms. The van der Waals surface area contributed by atoms with Crippen LogP contribution in [-0.2, 0) is 4.79 Å². The molecule has 4 nitrogen and oxygen atoms in total. The Morgan fingerprint density at radius 2 is 2.10 bits per heavy atom. The zero-order chi connectivity index (χ0) is 7.11. The summed E-state index contributed by atoms with van der Waals surface area (Å²) in [5, 5.41) is 19.0. The Kier molecular flexibility index (Phi) is 10.7. The number of hydrogen-bond donors (Lipinski definition) is 3. The van der Waals surface area contributed by atoms with E-state index in [1.165, 1.54) is 0 Å². The van der Waals surface area contributed by atoms with E-state index in [1.807, 2.05) is 0 Å². The standard InChI is InChI=1S/C5H11NO3.ClH/c7-3-1-2-6-4-5(8)9;/h6-7H,1-4H2,(H,8,9);1H. The monoisotopic (exact) mass is 169 g/mol. The van der Waals surface area contributed by atoms with Gasteiger partial charge in [0.05, 0.1) is 6.54 Å². The molecule has 0 heterocycles. The molecule has 0 aromatic rings. The number of carbonyl (C=O) groups is 1. The first-order valence-electron chi connectivity index (χ1n) is 2.80. The van der Waals surface area contributed by atoms with Crippen molar-refractivity contribution in [2.24, 2.45) is 0 Å². The van der Waals surface area contributed by atoms with Crippen LogP contribution in [0.4, 0.5) is 0 Å². The summed E-state index contributed by atoms with van der Waals surface area (Å²) in [5.41, 5.74) is 0. The lowest BCUT2D eigenvalue weighted by Crippen LogP contribution is -2.23. The summed E-state index contributed by atoms with van der Waals surface area (Å²) < 4.78 is 0. The molecule has 0 atom stereocenters. The van der Waals surface area contributed by atoms with Gasteiger partial charge in [-0.15, -0.1) is 12.4 Å². The SMILES string of the molecule is Cl.O=C(O)CNCCCO. The number of aliphatic carboxylic acids is 1. The highest BCUT2D eigenvalue weighted by molar-refractivity contribution is 5.85. The lowest BCUT2D eigenvalue weighted by atomic mass is 10.4. The zero-order valence-electron chi connectivity index (χ0n) is 5.54. The molecule has 0 radical (unpaired) electrons. The lowest BCUT2D eigenvalue weighted by Gasteiger charge is -1.96. The summed E-state index contributed by atoms with van der Waals surface area (Å²) in [7, 11) is 0. The normalized spacial score (nSPS) is 8.50. The minimum atomic E-state index is -0.868. The quantitative estimate of drug-likeness (QED) is 0.484. The minimum Gasteiger partial charge on any atom is -0.480 e. The number of aliphatic hydroxyl groups is 1. The van der Waals surface area contributed by atoms with Crippen LogP contribution in [0.3, 0.4) is 0 Å². The first-order valence-corrected chi connectivity index (χ1v) is 2.80. The van der Waals surface area contributed by atoms with E-state index in [9.17, 15) is 4.79 Å². The summed E-state index contributed by atoms with van der Waals surface area (Å²) in [6.07, 6.45) is 0.604. The molecular formula is C5H12ClNO3. The number of carboxylic acid groups (broad SMARTS) is 1. The maximum absolute atomic E-state index is 9.84. The van der Waals surface area contributed by atoms with Gasteiger partial charge in [0.2, 0.25) is 0 Å². The molecule has 5 heteroatoms. The number of carboxylic acids is 1. The first kappa shape index (κ1) is 12.4. The molecule has 0 amide bonds. The van der Waals surface area contributed by atoms with Crippen molar-refractivity contribution in [1.82, 2.24) is 5.32 Å². The van der Waals surface area contributed by atoms with Crippen molar-refractivity contribution in [3.63, 3.8) is 0 Å². The molecule has 0 aliphatic rings. The summed E-state index contributed by atoms with van der Waals surface area (Å²) >= 11 is 0. The first-order chi connectivity index (χ1) is 4.27. The average Bonchev–Trinajstić information content (AvgIpc) is 1.80. The Morgan fingerprint density at radius 1 is 1.50 bits per heavy atom. The van der Waals surface area contributed by atoms with Crippen LogP contribution >= 0.6 is 12.4 Å². The third-order valence-corrected chi connectivity index (χ3v) is 0.788. The molecule has 0 unspecified atom stereocenters. The van der Waals surface area contributed by atoms with E-state index in [2.05, 4.69) is 5.32 Å². The van der Waals surface area contributed by atoms with E-state index in [0.29, 0.717) is 13.0 Å². The van der Waals surface area contributed by atoms with Crippen molar-refractivity contribution < 1.29 is 15.0 Å². The third-order valence-electron chi connectivity index (χ3n) is 0.788. The third kappa shape index (κ3) is 10.6. The Labute approximate surface area is 65.7 Å². The van der Waals surface area contributed by atoms with Gasteiger partial charge in [0, 0.05) is 6.61 Å². The summed E-state index contributed by atoms with van der Waals surface area (Å²) in [6, 6.07) is 0. The summed E-state index contributed by atoms with van der Waals surface area (Å²) in [4.78, 5) is 9.84. The predicted molar refractivity (Wildman–Crippen MR) is 39.5 cm³/mol. The van der Waals surface area contributed by atoms with E-state index in [4.69, 9.17) is 10.2 Å². The van der Waals surface area contributed by atoms with Gasteiger partial charge >= 0.3 is 5.97 Å². The molecule has 0 aromatic carbocycles. The summed E-state index contributed by atoms with van der Waals surface area (Å²) in [6.45, 7) is 0.634. The second-order valence-electron chi connectivity index (χ2n) is 1.65. The molecule has 62 valence electrons. The Bertz CT molecular complexity index is 89.0. The Balaban J connectivity index is 0. The van der Waals surface area contributed by atoms with Crippen molar-refractivity contribution in [3.05, 3.63) is 0 Å². The maximum atomic E-state index is 9.84. The van der Waals surface area contributed by atoms with Crippen molar-refractivity contribution in [3.8, 4) is 0 Å². The molecule has 0 saturated carbocycles. The van der Waals surface area contributed by atoms with Crippen LogP contribution in [0, 0.1) is 0 Å². The van der Waals surface area contributed by atoms with Gasteiger partial charge in [-0.2, -0.15) is 0 Å². The van der Waals surface area contributed by atoms with Gasteiger partial charge in [0.15, 0.2) is 0 Å². The van der Waals surface area contributed by atoms with Crippen LogP contribution in [0.25, 0.3) is 0 Å². The van der Waals surface area contributed by atoms with Crippen molar-refractivity contribution >= 4 is 18.4 Å². The van der Waals surface area contributed by atoms with Gasteiger partial charge in [-0.05, 0) is 13.0 Å². The van der Waals surface area contributed by atoms with Crippen molar-refractivity contribution in [2.75, 3.05) is 19.7 Å². The molecule has 0 aliphatic heterocycles. The molecule has 10 heavy (non-hydrogen) atoms. The highest BCUT2D eigenvalue weighted by Crippen LogP contribution is 1.70. The average molecular weight is 170 g/mol. The van der Waals surface area contributed by atoms with Crippen LogP contribution in [0.5, 0.6) is 0 Å². The van der Waals surface area contributed by atoms with E-state index in [0.717, 1.165) is 0 Å². The number of aliphatic hydroxyl groups excluding tert-OH is 1. The maximum Gasteiger partial charge on any atom is 0.317 e. The fourth-order valence-corrected chi connectivity index (χ4v) is 0.399. The number of rotatable bonds is 5. The number of hydrogen-bond acceptors (Lipinski definition) is 3. The van der Waals surface area contributed by atoms with Gasteiger partial charge in [0.25, 0.3) is 0 Å². The fourth-order valence-electron chi connectivity index (χ4n) is 0.399. The van der Waals surface area contributed by atoms with Crippen molar-refractivity contribution in [2.45, 2.75) is 6.42 Å². The van der Waals surface area contributed by atoms with Crippen LogP contribution in [0.2, 0.25) is 0 Å². The van der Waals surface area contributed by atoms with E-state index < -0.39 is 5.97 Å². The van der Waals surface area contributed by atoms with Crippen LogP contribution in [0.1, 0.15) is 6.42 Å². The smallest absolute Gasteiger partial charge is 0.317 e. The van der Waals surface area contributed by atoms with Crippen LogP contribution in [0.15, 0.2) is 0 Å². The second kappa shape index (κ2) is 8.68. The van der Waals surface area contributed by atoms with Gasteiger partial charge in [-0.1, -0.05) is 0 Å². The van der Waals surface area contributed by atoms with Gasteiger partial charge in [0.1, 0.15) is 0 Å². The second-order valence-corrected chi connectivity index (χ2v) is 1.65. The van der Waals surface area contributed by atoms with E-state index in [-0.39, 0.29) is 25.6 Å². The van der Waals surface area contributed by atoms with Crippen LogP contribution < -0.4 is 5.32 Å². The molecule has 0 rings (SSSR count). The number of nitrogens with one attached hydrogen (secondary N) is 1. The highest BCUT2D eigenvalue weighted by atomic mass is 35.5. The van der Waals surface area contributed by atoms with Crippen molar-refractivity contribution in [1.29, 1.82) is 0 Å². The molecule has 0 saturated heterocycles. The summed E-state index contributed by atoms with van der Waals surface area (Å²) in [5.74, 6) is -0.868. The predicted octanol–water partition coefficient (Wildman–Crippen LogP) is -0.535. The highest BCUT2D eigenvalue weighted by Gasteiger charge is 1.92. The van der Waals surface area contributed by atoms with E-state index >= 15 is 0 Å². The topological polar surface area (TPSA) is 69.6 Å². The zero-order valence-corrected chi connectivity index (χ0v) is 6.36. The van der Waals surface area contributed by atoms with Gasteiger partial charge in [-0.25, -0.2) is 0 Å². The van der Waals surface area contributed by atoms with E-state index in [1.54, 1.807) is 0 Å². The molecule has 0 bridgehead atoms. The lowest BCUT2D eigenvalue weighted by molar-refractivity contribution is -0.135. The van der Waals surface area contributed by atoms with Crippen LogP contribution in [-0.4, -0.2) is 35.9 Å². The fraction of sp³-hybridized carbons (Fsp3) is 0.800. The minimum absolute atomic E-state index is 0. The van der Waals surface area contributed by atoms with Gasteiger partial charge in [-0.3, -0.25) is 4.79 Å². The van der Waals surface area contributed by atoms with Gasteiger partial charge < -0.3 is 15.5 Å². The molecule has 3 N–H and O–H groups in total.